The normalized spacial score (nSPS) is 22.3. The van der Waals surface area contributed by atoms with E-state index in [1.54, 1.807) is 6.08 Å². The molecule has 0 bridgehead atoms. The highest BCUT2D eigenvalue weighted by atomic mass is 32.2. The average molecular weight is 375 g/mol. The lowest BCUT2D eigenvalue weighted by molar-refractivity contribution is -0.127. The molecule has 1 aromatic rings. The third-order valence-electron chi connectivity index (χ3n) is 5.70. The molecule has 4 rings (SSSR count). The second-order valence-electron chi connectivity index (χ2n) is 7.78. The van der Waals surface area contributed by atoms with Crippen molar-refractivity contribution in [3.05, 3.63) is 35.9 Å². The summed E-state index contributed by atoms with van der Waals surface area (Å²) >= 11 is 0. The van der Waals surface area contributed by atoms with Crippen molar-refractivity contribution >= 4 is 27.7 Å². The molecule has 0 unspecified atom stereocenters. The predicted molar refractivity (Wildman–Crippen MR) is 103 cm³/mol. The van der Waals surface area contributed by atoms with E-state index < -0.39 is 10.0 Å². The molecule has 0 spiro atoms. The van der Waals surface area contributed by atoms with Gasteiger partial charge in [0.05, 0.1) is 11.4 Å². The molecule has 1 saturated heterocycles. The lowest BCUT2D eigenvalue weighted by Crippen LogP contribution is -2.39. The quantitative estimate of drug-likeness (QED) is 0.720. The molecule has 0 aromatic heterocycles. The maximum Gasteiger partial charge on any atom is 0.246 e. The van der Waals surface area contributed by atoms with E-state index in [1.807, 2.05) is 42.3 Å². The molecule has 0 atom stereocenters. The van der Waals surface area contributed by atoms with Gasteiger partial charge in [0.2, 0.25) is 15.9 Å². The Hall–Kier alpha value is -1.82. The third kappa shape index (κ3) is 3.65. The zero-order valence-electron chi connectivity index (χ0n) is 15.2. The summed E-state index contributed by atoms with van der Waals surface area (Å²) in [6, 6.07) is 7.77. The van der Waals surface area contributed by atoms with Gasteiger partial charge in [0, 0.05) is 25.7 Å². The second kappa shape index (κ2) is 6.72. The molecule has 3 fully saturated rings. The van der Waals surface area contributed by atoms with Crippen LogP contribution in [0.5, 0.6) is 0 Å². The van der Waals surface area contributed by atoms with Crippen molar-refractivity contribution < 1.29 is 13.2 Å². The van der Waals surface area contributed by atoms with Crippen molar-refractivity contribution in [3.8, 4) is 0 Å². The Labute approximate surface area is 155 Å². The predicted octanol–water partition coefficient (Wildman–Crippen LogP) is 2.89. The first kappa shape index (κ1) is 17.6. The number of carbonyl (C=O) groups excluding carboxylic acids is 1. The lowest BCUT2D eigenvalue weighted by atomic mass is 10.1. The van der Waals surface area contributed by atoms with E-state index in [0.717, 1.165) is 5.56 Å². The number of hydrogen-bond acceptors (Lipinski definition) is 3. The second-order valence-corrected chi connectivity index (χ2v) is 9.79. The fraction of sp³-hybridized carbons (Fsp3) is 0.550. The number of carbonyl (C=O) groups is 1. The van der Waals surface area contributed by atoms with Crippen LogP contribution in [-0.2, 0) is 14.8 Å². The van der Waals surface area contributed by atoms with Gasteiger partial charge in [0.25, 0.3) is 0 Å². The molecule has 0 radical (unpaired) electrons. The summed E-state index contributed by atoms with van der Waals surface area (Å²) in [5.74, 6) is 1.68. The minimum Gasteiger partial charge on any atom is -0.339 e. The largest absolute Gasteiger partial charge is 0.339 e. The zero-order valence-corrected chi connectivity index (χ0v) is 16.0. The molecule has 1 aromatic carbocycles. The maximum absolute atomic E-state index is 12.5. The Morgan fingerprint density at radius 2 is 1.77 bits per heavy atom. The van der Waals surface area contributed by atoms with Crippen LogP contribution in [0.15, 0.2) is 30.3 Å². The molecular formula is C20H26N2O3S. The topological polar surface area (TPSA) is 57.7 Å². The Balaban J connectivity index is 1.41. The number of anilines is 1. The highest BCUT2D eigenvalue weighted by Gasteiger charge is 2.44. The molecule has 2 saturated carbocycles. The standard InChI is InChI=1S/C20H26N2O3S/c1-21(20(16-6-7-16)17-8-9-17)19(23)12-5-15-3-10-18(11-4-15)22-13-2-14-26(22,24)25/h3-5,10-12,16-17,20H,2,6-9,13-14H2,1H3/b12-5+. The molecular weight excluding hydrogens is 348 g/mol. The number of likely N-dealkylation sites (N-methyl/N-ethyl adjacent to an activating group) is 1. The highest BCUT2D eigenvalue weighted by Crippen LogP contribution is 2.46. The van der Waals surface area contributed by atoms with Gasteiger partial charge in [0.1, 0.15) is 0 Å². The number of sulfonamides is 1. The SMILES string of the molecule is CN(C(=O)/C=C/c1ccc(N2CCCS2(=O)=O)cc1)C(C1CC1)C1CC1. The first-order chi connectivity index (χ1) is 12.5. The van der Waals surface area contributed by atoms with Gasteiger partial charge in [-0.25, -0.2) is 8.42 Å². The molecule has 3 aliphatic rings. The molecule has 1 aliphatic heterocycles. The fourth-order valence-corrected chi connectivity index (χ4v) is 5.57. The van der Waals surface area contributed by atoms with Gasteiger partial charge in [-0.1, -0.05) is 12.1 Å². The fourth-order valence-electron chi connectivity index (χ4n) is 4.01. The van der Waals surface area contributed by atoms with Crippen LogP contribution in [0.1, 0.15) is 37.7 Å². The van der Waals surface area contributed by atoms with Crippen molar-refractivity contribution in [2.75, 3.05) is 23.7 Å². The van der Waals surface area contributed by atoms with Crippen LogP contribution in [0.2, 0.25) is 0 Å². The van der Waals surface area contributed by atoms with E-state index in [4.69, 9.17) is 0 Å². The lowest BCUT2D eigenvalue weighted by Gasteiger charge is -2.27. The molecule has 1 heterocycles. The number of amides is 1. The van der Waals surface area contributed by atoms with Crippen LogP contribution in [0, 0.1) is 11.8 Å². The van der Waals surface area contributed by atoms with Crippen molar-refractivity contribution in [3.63, 3.8) is 0 Å². The summed E-state index contributed by atoms with van der Waals surface area (Å²) in [5.41, 5.74) is 1.60. The Kier molecular flexibility index (Phi) is 4.55. The molecule has 6 heteroatoms. The Morgan fingerprint density at radius 1 is 1.15 bits per heavy atom. The van der Waals surface area contributed by atoms with E-state index in [2.05, 4.69) is 0 Å². The minimum atomic E-state index is -3.15. The van der Waals surface area contributed by atoms with Crippen molar-refractivity contribution in [2.24, 2.45) is 11.8 Å². The summed E-state index contributed by atoms with van der Waals surface area (Å²) in [6.45, 7) is 0.546. The summed E-state index contributed by atoms with van der Waals surface area (Å²) in [4.78, 5) is 14.5. The van der Waals surface area contributed by atoms with Crippen LogP contribution in [-0.4, -0.2) is 44.6 Å². The summed E-state index contributed by atoms with van der Waals surface area (Å²) in [7, 11) is -1.22. The maximum atomic E-state index is 12.5. The van der Waals surface area contributed by atoms with Crippen molar-refractivity contribution in [1.82, 2.24) is 4.90 Å². The Bertz CT molecular complexity index is 796. The van der Waals surface area contributed by atoms with E-state index in [9.17, 15) is 13.2 Å². The van der Waals surface area contributed by atoms with Crippen molar-refractivity contribution in [1.29, 1.82) is 0 Å². The minimum absolute atomic E-state index is 0.0556. The van der Waals surface area contributed by atoms with E-state index >= 15 is 0 Å². The molecule has 26 heavy (non-hydrogen) atoms. The molecule has 2 aliphatic carbocycles. The van der Waals surface area contributed by atoms with Crippen LogP contribution in [0.4, 0.5) is 5.69 Å². The number of hydrogen-bond donors (Lipinski definition) is 0. The van der Waals surface area contributed by atoms with Crippen LogP contribution < -0.4 is 4.31 Å². The molecule has 140 valence electrons. The van der Waals surface area contributed by atoms with Crippen LogP contribution >= 0.6 is 0 Å². The molecule has 1 amide bonds. The van der Waals surface area contributed by atoms with Gasteiger partial charge in [-0.2, -0.15) is 0 Å². The van der Waals surface area contributed by atoms with Gasteiger partial charge >= 0.3 is 0 Å². The average Bonchev–Trinajstić information content (AvgIpc) is 3.54. The number of nitrogens with zero attached hydrogens (tertiary/aromatic N) is 2. The van der Waals surface area contributed by atoms with Crippen molar-refractivity contribution in [2.45, 2.75) is 38.1 Å². The summed E-state index contributed by atoms with van der Waals surface area (Å²) in [6.07, 6.45) is 9.14. The molecule has 5 nitrogen and oxygen atoms in total. The monoisotopic (exact) mass is 374 g/mol. The number of rotatable bonds is 6. The van der Waals surface area contributed by atoms with Crippen LogP contribution in [0.3, 0.4) is 0 Å². The smallest absolute Gasteiger partial charge is 0.246 e. The number of benzene rings is 1. The van der Waals surface area contributed by atoms with Crippen LogP contribution in [0.25, 0.3) is 6.08 Å². The van der Waals surface area contributed by atoms with E-state index in [0.29, 0.717) is 36.5 Å². The van der Waals surface area contributed by atoms with Gasteiger partial charge in [-0.05, 0) is 67.7 Å². The van der Waals surface area contributed by atoms with E-state index in [1.165, 1.54) is 30.0 Å². The van der Waals surface area contributed by atoms with Gasteiger partial charge in [-0.3, -0.25) is 9.10 Å². The first-order valence-electron chi connectivity index (χ1n) is 9.51. The Morgan fingerprint density at radius 3 is 2.27 bits per heavy atom. The highest BCUT2D eigenvalue weighted by molar-refractivity contribution is 7.93. The van der Waals surface area contributed by atoms with E-state index in [-0.39, 0.29) is 11.7 Å². The van der Waals surface area contributed by atoms with Gasteiger partial charge in [-0.15, -0.1) is 0 Å². The molecule has 0 N–H and O–H groups in total. The summed E-state index contributed by atoms with van der Waals surface area (Å²) in [5, 5.41) is 0. The van der Waals surface area contributed by atoms with Gasteiger partial charge < -0.3 is 4.90 Å². The first-order valence-corrected chi connectivity index (χ1v) is 11.1. The zero-order chi connectivity index (χ0) is 18.3. The van der Waals surface area contributed by atoms with Gasteiger partial charge in [0.15, 0.2) is 0 Å². The third-order valence-corrected chi connectivity index (χ3v) is 7.57. The summed E-state index contributed by atoms with van der Waals surface area (Å²) < 4.78 is 25.4.